The fourth-order valence-electron chi connectivity index (χ4n) is 3.01. The number of aliphatic carboxylic acids is 1. The summed E-state index contributed by atoms with van der Waals surface area (Å²) in [5.74, 6) is -2.83. The first-order valence-corrected chi connectivity index (χ1v) is 8.08. The van der Waals surface area contributed by atoms with Gasteiger partial charge < -0.3 is 24.6 Å². The van der Waals surface area contributed by atoms with Crippen LogP contribution in [0.5, 0.6) is 0 Å². The molecule has 140 valence electrons. The van der Waals surface area contributed by atoms with Crippen molar-refractivity contribution in [1.82, 2.24) is 5.32 Å². The van der Waals surface area contributed by atoms with E-state index in [0.717, 1.165) is 0 Å². The van der Waals surface area contributed by atoms with Gasteiger partial charge in [-0.2, -0.15) is 0 Å². The zero-order valence-electron chi connectivity index (χ0n) is 14.8. The molecule has 0 bridgehead atoms. The van der Waals surface area contributed by atoms with Gasteiger partial charge in [0, 0.05) is 24.9 Å². The zero-order chi connectivity index (χ0) is 19.4. The number of hydrogen-bond acceptors (Lipinski definition) is 6. The first kappa shape index (κ1) is 20.0. The largest absolute Gasteiger partial charge is 0.478 e. The topological polar surface area (TPSA) is 94.1 Å². The molecule has 1 aromatic carbocycles. The number of nitrogens with one attached hydrogen (secondary N) is 1. The number of allylic oxidation sites excluding steroid dienone is 1. The van der Waals surface area contributed by atoms with Crippen LogP contribution in [0.4, 0.5) is 0 Å². The fourth-order valence-corrected chi connectivity index (χ4v) is 3.26. The van der Waals surface area contributed by atoms with Crippen LogP contribution >= 0.6 is 11.6 Å². The SMILES string of the molecule is COC(=O)C1=C(C(OC)OC)NC(C)=C(C(=O)O)C1c1ccccc1Cl. The number of carboxylic acid groups (broad SMARTS) is 1. The normalized spacial score (nSPS) is 17.4. The van der Waals surface area contributed by atoms with Crippen molar-refractivity contribution >= 4 is 23.5 Å². The van der Waals surface area contributed by atoms with E-state index in [1.54, 1.807) is 31.2 Å². The van der Waals surface area contributed by atoms with E-state index in [2.05, 4.69) is 5.32 Å². The lowest BCUT2D eigenvalue weighted by atomic mass is 9.80. The molecule has 1 atom stereocenters. The number of rotatable bonds is 6. The van der Waals surface area contributed by atoms with Crippen molar-refractivity contribution in [3.05, 3.63) is 57.4 Å². The Bertz CT molecular complexity index is 782. The average molecular weight is 382 g/mol. The lowest BCUT2D eigenvalue weighted by Crippen LogP contribution is -2.38. The summed E-state index contributed by atoms with van der Waals surface area (Å²) in [5.41, 5.74) is 1.15. The van der Waals surface area contributed by atoms with Crippen molar-refractivity contribution in [1.29, 1.82) is 0 Å². The molecule has 0 aromatic heterocycles. The maximum atomic E-state index is 12.6. The summed E-state index contributed by atoms with van der Waals surface area (Å²) in [6.45, 7) is 1.60. The predicted molar refractivity (Wildman–Crippen MR) is 94.5 cm³/mol. The van der Waals surface area contributed by atoms with Crippen LogP contribution in [0.3, 0.4) is 0 Å². The Morgan fingerprint density at radius 1 is 1.15 bits per heavy atom. The number of benzene rings is 1. The second kappa shape index (κ2) is 8.35. The lowest BCUT2D eigenvalue weighted by molar-refractivity contribution is -0.137. The van der Waals surface area contributed by atoms with Crippen LogP contribution in [-0.2, 0) is 23.8 Å². The molecule has 2 rings (SSSR count). The number of hydrogen-bond donors (Lipinski definition) is 2. The molecule has 1 unspecified atom stereocenters. The van der Waals surface area contributed by atoms with E-state index in [-0.39, 0.29) is 16.8 Å². The van der Waals surface area contributed by atoms with E-state index in [0.29, 0.717) is 16.3 Å². The van der Waals surface area contributed by atoms with E-state index >= 15 is 0 Å². The molecule has 1 heterocycles. The second-order valence-electron chi connectivity index (χ2n) is 5.55. The number of dihydropyridines is 1. The maximum absolute atomic E-state index is 12.6. The standard InChI is InChI=1S/C18H20ClNO6/c1-9-12(16(21)22)13(10-7-5-6-8-11(10)19)14(17(23)24-2)15(20-9)18(25-3)26-4/h5-8,13,18,20H,1-4H3,(H,21,22). The molecular formula is C18H20ClNO6. The average Bonchev–Trinajstić information content (AvgIpc) is 2.61. The Hall–Kier alpha value is -2.35. The Kier molecular flexibility index (Phi) is 6.42. The molecule has 1 aliphatic rings. The Labute approximate surface area is 156 Å². The van der Waals surface area contributed by atoms with Crippen LogP contribution in [0.15, 0.2) is 46.8 Å². The zero-order valence-corrected chi connectivity index (χ0v) is 15.6. The summed E-state index contributed by atoms with van der Waals surface area (Å²) < 4.78 is 15.4. The molecule has 26 heavy (non-hydrogen) atoms. The summed E-state index contributed by atoms with van der Waals surface area (Å²) in [7, 11) is 4.04. The number of carbonyl (C=O) groups is 2. The van der Waals surface area contributed by atoms with Gasteiger partial charge in [0.05, 0.1) is 29.9 Å². The highest BCUT2D eigenvalue weighted by Crippen LogP contribution is 2.42. The number of halogens is 1. The van der Waals surface area contributed by atoms with Crippen molar-refractivity contribution in [2.75, 3.05) is 21.3 Å². The van der Waals surface area contributed by atoms with Crippen LogP contribution in [-0.4, -0.2) is 44.7 Å². The van der Waals surface area contributed by atoms with Crippen molar-refractivity contribution < 1.29 is 28.9 Å². The quantitative estimate of drug-likeness (QED) is 0.577. The van der Waals surface area contributed by atoms with Gasteiger partial charge in [-0.3, -0.25) is 0 Å². The number of carbonyl (C=O) groups excluding carboxylic acids is 1. The molecule has 0 saturated heterocycles. The first-order valence-electron chi connectivity index (χ1n) is 7.70. The smallest absolute Gasteiger partial charge is 0.336 e. The highest BCUT2D eigenvalue weighted by molar-refractivity contribution is 6.31. The minimum absolute atomic E-state index is 0.00629. The summed E-state index contributed by atoms with van der Waals surface area (Å²) in [6.07, 6.45) is -0.917. The molecule has 7 nitrogen and oxygen atoms in total. The molecule has 0 spiro atoms. The Balaban J connectivity index is 2.82. The molecule has 1 aromatic rings. The highest BCUT2D eigenvalue weighted by Gasteiger charge is 2.41. The van der Waals surface area contributed by atoms with Crippen molar-refractivity contribution in [2.45, 2.75) is 19.1 Å². The molecule has 0 fully saturated rings. The molecule has 1 aliphatic heterocycles. The third-order valence-electron chi connectivity index (χ3n) is 4.11. The van der Waals surface area contributed by atoms with Gasteiger partial charge in [-0.1, -0.05) is 29.8 Å². The summed E-state index contributed by atoms with van der Waals surface area (Å²) >= 11 is 6.31. The van der Waals surface area contributed by atoms with Gasteiger partial charge in [-0.05, 0) is 18.6 Å². The summed E-state index contributed by atoms with van der Waals surface area (Å²) in [4.78, 5) is 24.5. The molecule has 0 radical (unpaired) electrons. The first-order chi connectivity index (χ1) is 12.4. The van der Waals surface area contributed by atoms with Gasteiger partial charge in [0.2, 0.25) is 0 Å². The fraction of sp³-hybridized carbons (Fsp3) is 0.333. The van der Waals surface area contributed by atoms with Crippen LogP contribution in [0.2, 0.25) is 5.02 Å². The number of ether oxygens (including phenoxy) is 3. The van der Waals surface area contributed by atoms with Gasteiger partial charge in [0.15, 0.2) is 6.29 Å². The van der Waals surface area contributed by atoms with Crippen molar-refractivity contribution in [3.63, 3.8) is 0 Å². The van der Waals surface area contributed by atoms with E-state index in [4.69, 9.17) is 25.8 Å². The second-order valence-corrected chi connectivity index (χ2v) is 5.95. The van der Waals surface area contributed by atoms with Gasteiger partial charge in [0.25, 0.3) is 0 Å². The van der Waals surface area contributed by atoms with Crippen molar-refractivity contribution in [3.8, 4) is 0 Å². The maximum Gasteiger partial charge on any atom is 0.336 e. The van der Waals surface area contributed by atoms with Gasteiger partial charge in [0.1, 0.15) is 0 Å². The number of esters is 1. The van der Waals surface area contributed by atoms with E-state index in [9.17, 15) is 14.7 Å². The minimum atomic E-state index is -1.17. The number of carboxylic acids is 1. The predicted octanol–water partition coefficient (Wildman–Crippen LogP) is 2.43. The third kappa shape index (κ3) is 3.60. The van der Waals surface area contributed by atoms with Crippen LogP contribution in [0, 0.1) is 0 Å². The lowest BCUT2D eigenvalue weighted by Gasteiger charge is -2.33. The summed E-state index contributed by atoms with van der Waals surface area (Å²) in [5, 5.41) is 13.0. The van der Waals surface area contributed by atoms with Crippen LogP contribution in [0.25, 0.3) is 0 Å². The van der Waals surface area contributed by atoms with E-state index in [1.807, 2.05) is 0 Å². The molecule has 0 amide bonds. The van der Waals surface area contributed by atoms with E-state index in [1.165, 1.54) is 21.3 Å². The molecule has 0 aliphatic carbocycles. The number of methoxy groups -OCH3 is 3. The minimum Gasteiger partial charge on any atom is -0.478 e. The summed E-state index contributed by atoms with van der Waals surface area (Å²) in [6, 6.07) is 6.74. The van der Waals surface area contributed by atoms with Gasteiger partial charge in [-0.25, -0.2) is 9.59 Å². The van der Waals surface area contributed by atoms with Crippen LogP contribution in [0.1, 0.15) is 18.4 Å². The highest BCUT2D eigenvalue weighted by atomic mass is 35.5. The molecular weight excluding hydrogens is 362 g/mol. The molecule has 8 heteroatoms. The van der Waals surface area contributed by atoms with E-state index < -0.39 is 24.1 Å². The van der Waals surface area contributed by atoms with Gasteiger partial charge >= 0.3 is 11.9 Å². The molecule has 2 N–H and O–H groups in total. The van der Waals surface area contributed by atoms with Crippen LogP contribution < -0.4 is 5.32 Å². The van der Waals surface area contributed by atoms with Crippen molar-refractivity contribution in [2.24, 2.45) is 0 Å². The Morgan fingerprint density at radius 3 is 2.27 bits per heavy atom. The third-order valence-corrected chi connectivity index (χ3v) is 4.45. The monoisotopic (exact) mass is 381 g/mol. The Morgan fingerprint density at radius 2 is 1.77 bits per heavy atom. The molecule has 0 saturated carbocycles. The van der Waals surface area contributed by atoms with Gasteiger partial charge in [-0.15, -0.1) is 0 Å².